The average Bonchev–Trinajstić information content (AvgIpc) is 2.42. The lowest BCUT2D eigenvalue weighted by Gasteiger charge is -2.30. The van der Waals surface area contributed by atoms with Crippen molar-refractivity contribution >= 4 is 5.97 Å². The fourth-order valence-corrected chi connectivity index (χ4v) is 2.27. The highest BCUT2D eigenvalue weighted by Gasteiger charge is 2.23. The van der Waals surface area contributed by atoms with Crippen molar-refractivity contribution in [1.29, 1.82) is 0 Å². The molecular weight excluding hydrogens is 192 g/mol. The maximum Gasteiger partial charge on any atom is 0.321 e. The molecule has 1 rings (SSSR count). The zero-order valence-corrected chi connectivity index (χ0v) is 9.48. The van der Waals surface area contributed by atoms with Crippen molar-refractivity contribution < 1.29 is 9.90 Å². The number of carboxylic acid groups (broad SMARTS) is 1. The van der Waals surface area contributed by atoms with Gasteiger partial charge >= 0.3 is 5.97 Å². The van der Waals surface area contributed by atoms with Crippen LogP contribution in [0.25, 0.3) is 0 Å². The Morgan fingerprint density at radius 2 is 2.27 bits per heavy atom. The van der Waals surface area contributed by atoms with Crippen molar-refractivity contribution in [2.45, 2.75) is 51.1 Å². The highest BCUT2D eigenvalue weighted by Crippen LogP contribution is 2.18. The Bertz CT molecular complexity index is 209. The number of nitrogens with two attached hydrogens (primary N) is 1. The molecule has 1 saturated heterocycles. The number of carboxylic acids is 1. The summed E-state index contributed by atoms with van der Waals surface area (Å²) in [5.41, 5.74) is 5.57. The third-order valence-corrected chi connectivity index (χ3v) is 3.22. The average molecular weight is 214 g/mol. The summed E-state index contributed by atoms with van der Waals surface area (Å²) in [7, 11) is 0. The number of hydrogen-bond acceptors (Lipinski definition) is 3. The number of carbonyl (C=O) groups is 1. The van der Waals surface area contributed by atoms with E-state index in [1.165, 1.54) is 25.7 Å². The summed E-state index contributed by atoms with van der Waals surface area (Å²) in [5, 5.41) is 8.79. The molecule has 2 atom stereocenters. The Balaban J connectivity index is 2.51. The van der Waals surface area contributed by atoms with Gasteiger partial charge < -0.3 is 10.8 Å². The SMILES string of the molecule is CCC1CCCCCN1CC(N)C(=O)O. The van der Waals surface area contributed by atoms with Crippen LogP contribution >= 0.6 is 0 Å². The molecule has 15 heavy (non-hydrogen) atoms. The lowest BCUT2D eigenvalue weighted by atomic mass is 10.1. The molecule has 1 fully saturated rings. The standard InChI is InChI=1S/C11H22N2O2/c1-2-9-6-4-3-5-7-13(9)8-10(12)11(14)15/h9-10H,2-8,12H2,1H3,(H,14,15). The molecule has 0 bridgehead atoms. The third kappa shape index (κ3) is 3.80. The summed E-state index contributed by atoms with van der Waals surface area (Å²) in [6, 6.07) is -0.213. The number of likely N-dealkylation sites (tertiary alicyclic amines) is 1. The van der Waals surface area contributed by atoms with Gasteiger partial charge in [0.15, 0.2) is 0 Å². The molecule has 4 nitrogen and oxygen atoms in total. The molecule has 0 aromatic heterocycles. The zero-order valence-electron chi connectivity index (χ0n) is 9.48. The van der Waals surface area contributed by atoms with Gasteiger partial charge in [-0.3, -0.25) is 9.69 Å². The van der Waals surface area contributed by atoms with Crippen LogP contribution in [0.1, 0.15) is 39.0 Å². The first kappa shape index (κ1) is 12.5. The van der Waals surface area contributed by atoms with Gasteiger partial charge in [-0.2, -0.15) is 0 Å². The van der Waals surface area contributed by atoms with Crippen molar-refractivity contribution in [2.75, 3.05) is 13.1 Å². The van der Waals surface area contributed by atoms with Gasteiger partial charge in [-0.1, -0.05) is 19.8 Å². The second kappa shape index (κ2) is 6.08. The molecule has 0 amide bonds. The molecule has 0 spiro atoms. The van der Waals surface area contributed by atoms with Crippen molar-refractivity contribution in [3.8, 4) is 0 Å². The second-order valence-electron chi connectivity index (χ2n) is 4.35. The van der Waals surface area contributed by atoms with Crippen molar-refractivity contribution in [2.24, 2.45) is 5.73 Å². The predicted molar refractivity (Wildman–Crippen MR) is 59.7 cm³/mol. The lowest BCUT2D eigenvalue weighted by molar-refractivity contribution is -0.139. The predicted octanol–water partition coefficient (Wildman–Crippen LogP) is 1.05. The third-order valence-electron chi connectivity index (χ3n) is 3.22. The lowest BCUT2D eigenvalue weighted by Crippen LogP contribution is -2.46. The summed E-state index contributed by atoms with van der Waals surface area (Å²) in [6.45, 7) is 3.66. The molecular formula is C11H22N2O2. The van der Waals surface area contributed by atoms with E-state index in [0.717, 1.165) is 13.0 Å². The van der Waals surface area contributed by atoms with Crippen molar-refractivity contribution in [3.05, 3.63) is 0 Å². The minimum Gasteiger partial charge on any atom is -0.480 e. The largest absolute Gasteiger partial charge is 0.480 e. The van der Waals surface area contributed by atoms with E-state index in [1.807, 2.05) is 0 Å². The minimum atomic E-state index is -0.894. The van der Waals surface area contributed by atoms with Crippen LogP contribution in [0.4, 0.5) is 0 Å². The highest BCUT2D eigenvalue weighted by atomic mass is 16.4. The molecule has 1 aliphatic rings. The van der Waals surface area contributed by atoms with Crippen LogP contribution in [0, 0.1) is 0 Å². The zero-order chi connectivity index (χ0) is 11.3. The minimum absolute atomic E-state index is 0.494. The van der Waals surface area contributed by atoms with E-state index in [-0.39, 0.29) is 0 Å². The van der Waals surface area contributed by atoms with E-state index in [2.05, 4.69) is 11.8 Å². The van der Waals surface area contributed by atoms with Crippen molar-refractivity contribution in [1.82, 2.24) is 4.90 Å². The topological polar surface area (TPSA) is 66.6 Å². The van der Waals surface area contributed by atoms with Crippen molar-refractivity contribution in [3.63, 3.8) is 0 Å². The quantitative estimate of drug-likeness (QED) is 0.734. The molecule has 3 N–H and O–H groups in total. The van der Waals surface area contributed by atoms with Crippen LogP contribution in [-0.4, -0.2) is 41.1 Å². The monoisotopic (exact) mass is 214 g/mol. The molecule has 0 aromatic rings. The van der Waals surface area contributed by atoms with Crippen LogP contribution in [0.15, 0.2) is 0 Å². The normalized spacial score (nSPS) is 25.9. The van der Waals surface area contributed by atoms with Gasteiger partial charge in [-0.15, -0.1) is 0 Å². The van der Waals surface area contributed by atoms with Gasteiger partial charge in [0.1, 0.15) is 6.04 Å². The number of nitrogens with zero attached hydrogens (tertiary/aromatic N) is 1. The Kier molecular flexibility index (Phi) is 5.05. The molecule has 0 radical (unpaired) electrons. The summed E-state index contributed by atoms with van der Waals surface area (Å²) in [6.07, 6.45) is 5.96. The van der Waals surface area contributed by atoms with E-state index in [4.69, 9.17) is 10.8 Å². The molecule has 0 aliphatic carbocycles. The second-order valence-corrected chi connectivity index (χ2v) is 4.35. The van der Waals surface area contributed by atoms with Crippen LogP contribution in [-0.2, 0) is 4.79 Å². The van der Waals surface area contributed by atoms with Gasteiger partial charge in [-0.05, 0) is 25.8 Å². The smallest absolute Gasteiger partial charge is 0.321 e. The summed E-state index contributed by atoms with van der Waals surface area (Å²) < 4.78 is 0. The molecule has 0 aromatic carbocycles. The van der Waals surface area contributed by atoms with Gasteiger partial charge in [-0.25, -0.2) is 0 Å². The Morgan fingerprint density at radius 3 is 2.87 bits per heavy atom. The molecule has 4 heteroatoms. The van der Waals surface area contributed by atoms with E-state index in [1.54, 1.807) is 0 Å². The number of rotatable bonds is 4. The summed E-state index contributed by atoms with van der Waals surface area (Å²) in [5.74, 6) is -0.894. The van der Waals surface area contributed by atoms with E-state index < -0.39 is 12.0 Å². The number of hydrogen-bond donors (Lipinski definition) is 2. The van der Waals surface area contributed by atoms with Gasteiger partial charge in [0, 0.05) is 12.6 Å². The Labute approximate surface area is 91.4 Å². The van der Waals surface area contributed by atoms with E-state index >= 15 is 0 Å². The molecule has 0 saturated carbocycles. The summed E-state index contributed by atoms with van der Waals surface area (Å²) >= 11 is 0. The number of aliphatic carboxylic acids is 1. The molecule has 1 heterocycles. The van der Waals surface area contributed by atoms with Crippen LogP contribution in [0.5, 0.6) is 0 Å². The van der Waals surface area contributed by atoms with Gasteiger partial charge in [0.2, 0.25) is 0 Å². The Morgan fingerprint density at radius 1 is 1.53 bits per heavy atom. The molecule has 1 aliphatic heterocycles. The molecule has 2 unspecified atom stereocenters. The van der Waals surface area contributed by atoms with E-state index in [0.29, 0.717) is 12.6 Å². The maximum absolute atomic E-state index is 10.7. The highest BCUT2D eigenvalue weighted by molar-refractivity contribution is 5.73. The maximum atomic E-state index is 10.7. The first-order chi connectivity index (χ1) is 7.15. The Hall–Kier alpha value is -0.610. The van der Waals surface area contributed by atoms with Crippen LogP contribution in [0.2, 0.25) is 0 Å². The van der Waals surface area contributed by atoms with Gasteiger partial charge in [0.25, 0.3) is 0 Å². The fraction of sp³-hybridized carbons (Fsp3) is 0.909. The van der Waals surface area contributed by atoms with Gasteiger partial charge in [0.05, 0.1) is 0 Å². The van der Waals surface area contributed by atoms with E-state index in [9.17, 15) is 4.79 Å². The first-order valence-electron chi connectivity index (χ1n) is 5.87. The fourth-order valence-electron chi connectivity index (χ4n) is 2.27. The van der Waals surface area contributed by atoms with Crippen LogP contribution < -0.4 is 5.73 Å². The van der Waals surface area contributed by atoms with Crippen LogP contribution in [0.3, 0.4) is 0 Å². The first-order valence-corrected chi connectivity index (χ1v) is 5.87. The summed E-state index contributed by atoms with van der Waals surface area (Å²) in [4.78, 5) is 13.0. The molecule has 88 valence electrons.